The summed E-state index contributed by atoms with van der Waals surface area (Å²) in [5.41, 5.74) is -1.33. The van der Waals surface area contributed by atoms with E-state index in [0.717, 1.165) is 4.31 Å². The molecule has 0 aliphatic carbocycles. The third-order valence-electron chi connectivity index (χ3n) is 4.83. The molecule has 8 nitrogen and oxygen atoms in total. The van der Waals surface area contributed by atoms with Crippen LogP contribution in [0.2, 0.25) is 0 Å². The largest absolute Gasteiger partial charge is 0.481 e. The van der Waals surface area contributed by atoms with Crippen molar-refractivity contribution in [2.24, 2.45) is 5.41 Å². The first-order chi connectivity index (χ1) is 12.2. The maximum atomic E-state index is 13.0. The minimum atomic E-state index is -3.99. The molecule has 3 N–H and O–H groups in total. The van der Waals surface area contributed by atoms with E-state index in [1.807, 2.05) is 0 Å². The van der Waals surface area contributed by atoms with E-state index in [9.17, 15) is 28.2 Å². The Kier molecular flexibility index (Phi) is 6.05. The lowest BCUT2D eigenvalue weighted by Gasteiger charge is -2.42. The Morgan fingerprint density at radius 1 is 1.38 bits per heavy atom. The number of carbonyl (C=O) groups excluding carboxylic acids is 1. The van der Waals surface area contributed by atoms with Gasteiger partial charge in [0.05, 0.1) is 11.0 Å². The van der Waals surface area contributed by atoms with Gasteiger partial charge >= 0.3 is 5.97 Å². The number of carbonyl (C=O) groups is 2. The van der Waals surface area contributed by atoms with Crippen LogP contribution in [0.25, 0.3) is 0 Å². The van der Waals surface area contributed by atoms with Crippen molar-refractivity contribution < 1.29 is 28.2 Å². The van der Waals surface area contributed by atoms with Crippen molar-refractivity contribution in [1.29, 1.82) is 0 Å². The van der Waals surface area contributed by atoms with E-state index in [4.69, 9.17) is 0 Å². The molecule has 0 radical (unpaired) electrons. The topological polar surface area (TPSA) is 124 Å². The standard InChI is InChI=1S/C17H24N2O6S/c1-3-8-17(16(22)23)11-19(9-7-14(17)20)26(24,25)13-6-4-5-12(10-13)15(21)18-2/h4-6,10,14,20H,3,7-9,11H2,1-2H3,(H,18,21)(H,22,23)/t14-,17-/m0/s1. The number of hydrogen-bond donors (Lipinski definition) is 3. The first-order valence-electron chi connectivity index (χ1n) is 8.43. The molecule has 2 rings (SSSR count). The molecule has 0 aromatic heterocycles. The number of rotatable bonds is 6. The van der Waals surface area contributed by atoms with Crippen LogP contribution >= 0.6 is 0 Å². The van der Waals surface area contributed by atoms with Crippen LogP contribution in [0.4, 0.5) is 0 Å². The van der Waals surface area contributed by atoms with Crippen LogP contribution in [0.5, 0.6) is 0 Å². The van der Waals surface area contributed by atoms with Gasteiger partial charge in [-0.1, -0.05) is 19.4 Å². The zero-order valence-electron chi connectivity index (χ0n) is 14.8. The van der Waals surface area contributed by atoms with Gasteiger partial charge in [-0.05, 0) is 31.0 Å². The number of amides is 1. The quantitative estimate of drug-likeness (QED) is 0.662. The van der Waals surface area contributed by atoms with Crippen molar-refractivity contribution in [2.75, 3.05) is 20.1 Å². The van der Waals surface area contributed by atoms with Gasteiger partial charge in [0, 0.05) is 25.7 Å². The molecule has 1 aromatic rings. The maximum Gasteiger partial charge on any atom is 0.313 e. The smallest absolute Gasteiger partial charge is 0.313 e. The van der Waals surface area contributed by atoms with Gasteiger partial charge in [0.25, 0.3) is 5.91 Å². The predicted molar refractivity (Wildman–Crippen MR) is 94.2 cm³/mol. The lowest BCUT2D eigenvalue weighted by atomic mass is 9.74. The van der Waals surface area contributed by atoms with Crippen molar-refractivity contribution in [1.82, 2.24) is 9.62 Å². The Balaban J connectivity index is 2.40. The van der Waals surface area contributed by atoms with Crippen molar-refractivity contribution in [3.63, 3.8) is 0 Å². The fraction of sp³-hybridized carbons (Fsp3) is 0.529. The van der Waals surface area contributed by atoms with Gasteiger partial charge in [0.15, 0.2) is 0 Å². The number of piperidine rings is 1. The molecule has 0 unspecified atom stereocenters. The van der Waals surface area contributed by atoms with Gasteiger partial charge in [-0.2, -0.15) is 4.31 Å². The van der Waals surface area contributed by atoms with Crippen LogP contribution in [0, 0.1) is 5.41 Å². The Bertz CT molecular complexity index is 794. The van der Waals surface area contributed by atoms with Crippen molar-refractivity contribution in [2.45, 2.75) is 37.2 Å². The van der Waals surface area contributed by atoms with Crippen LogP contribution in [0.15, 0.2) is 29.2 Å². The summed E-state index contributed by atoms with van der Waals surface area (Å²) in [4.78, 5) is 23.5. The minimum absolute atomic E-state index is 0.0203. The zero-order chi connectivity index (χ0) is 19.5. The van der Waals surface area contributed by atoms with Gasteiger partial charge in [0.2, 0.25) is 10.0 Å². The minimum Gasteiger partial charge on any atom is -0.481 e. The number of carboxylic acid groups (broad SMARTS) is 1. The monoisotopic (exact) mass is 384 g/mol. The van der Waals surface area contributed by atoms with E-state index in [-0.39, 0.29) is 36.4 Å². The normalized spacial score (nSPS) is 24.2. The SMILES string of the molecule is CCC[C@]1(C(=O)O)CN(S(=O)(=O)c2cccc(C(=O)NC)c2)CC[C@@H]1O. The van der Waals surface area contributed by atoms with E-state index in [1.54, 1.807) is 6.92 Å². The molecule has 1 aromatic carbocycles. The Morgan fingerprint density at radius 3 is 2.65 bits per heavy atom. The highest BCUT2D eigenvalue weighted by molar-refractivity contribution is 7.89. The van der Waals surface area contributed by atoms with Crippen molar-refractivity contribution >= 4 is 21.9 Å². The molecule has 0 bridgehead atoms. The van der Waals surface area contributed by atoms with Crippen LogP contribution in [0.1, 0.15) is 36.5 Å². The number of nitrogens with one attached hydrogen (secondary N) is 1. The predicted octanol–water partition coefficient (Wildman–Crippen LogP) is 0.673. The van der Waals surface area contributed by atoms with Gasteiger partial charge in [-0.25, -0.2) is 8.42 Å². The summed E-state index contributed by atoms with van der Waals surface area (Å²) in [6.45, 7) is 1.51. The van der Waals surface area contributed by atoms with E-state index in [0.29, 0.717) is 6.42 Å². The molecule has 26 heavy (non-hydrogen) atoms. The van der Waals surface area contributed by atoms with Crippen molar-refractivity contribution in [3.8, 4) is 0 Å². The van der Waals surface area contributed by atoms with Crippen LogP contribution in [0.3, 0.4) is 0 Å². The van der Waals surface area contributed by atoms with Crippen LogP contribution in [-0.2, 0) is 14.8 Å². The highest BCUT2D eigenvalue weighted by Gasteiger charge is 2.50. The number of nitrogens with zero attached hydrogens (tertiary/aromatic N) is 1. The van der Waals surface area contributed by atoms with Gasteiger partial charge in [0.1, 0.15) is 5.41 Å². The van der Waals surface area contributed by atoms with Crippen LogP contribution < -0.4 is 5.32 Å². The molecule has 1 aliphatic rings. The lowest BCUT2D eigenvalue weighted by Crippen LogP contribution is -2.57. The third kappa shape index (κ3) is 3.60. The number of carboxylic acids is 1. The average molecular weight is 384 g/mol. The molecule has 1 amide bonds. The first-order valence-corrected chi connectivity index (χ1v) is 9.87. The molecule has 1 aliphatic heterocycles. The lowest BCUT2D eigenvalue weighted by molar-refractivity contribution is -0.161. The number of sulfonamides is 1. The summed E-state index contributed by atoms with van der Waals surface area (Å²) < 4.78 is 27.1. The third-order valence-corrected chi connectivity index (χ3v) is 6.67. The molecule has 2 atom stereocenters. The second kappa shape index (κ2) is 7.73. The Hall–Kier alpha value is -1.97. The highest BCUT2D eigenvalue weighted by Crippen LogP contribution is 2.37. The fourth-order valence-electron chi connectivity index (χ4n) is 3.35. The summed E-state index contributed by atoms with van der Waals surface area (Å²) in [5.74, 6) is -1.62. The second-order valence-electron chi connectivity index (χ2n) is 6.46. The van der Waals surface area contributed by atoms with Gasteiger partial charge in [-0.15, -0.1) is 0 Å². The molecular weight excluding hydrogens is 360 g/mol. The molecular formula is C17H24N2O6S. The molecule has 9 heteroatoms. The van der Waals surface area contributed by atoms with Crippen molar-refractivity contribution in [3.05, 3.63) is 29.8 Å². The summed E-state index contributed by atoms with van der Waals surface area (Å²) in [6.07, 6.45) is -0.388. The average Bonchev–Trinajstić information content (AvgIpc) is 2.62. The van der Waals surface area contributed by atoms with Gasteiger partial charge in [-0.3, -0.25) is 9.59 Å². The number of aliphatic hydroxyl groups excluding tert-OH is 1. The highest BCUT2D eigenvalue weighted by atomic mass is 32.2. The second-order valence-corrected chi connectivity index (χ2v) is 8.40. The van der Waals surface area contributed by atoms with Gasteiger partial charge < -0.3 is 15.5 Å². The maximum absolute atomic E-state index is 13.0. The molecule has 144 valence electrons. The van der Waals surface area contributed by atoms with E-state index in [1.165, 1.54) is 31.3 Å². The fourth-order valence-corrected chi connectivity index (χ4v) is 4.92. The van der Waals surface area contributed by atoms with E-state index in [2.05, 4.69) is 5.32 Å². The molecule has 1 saturated heterocycles. The summed E-state index contributed by atoms with van der Waals surface area (Å²) in [5, 5.41) is 22.4. The zero-order valence-corrected chi connectivity index (χ0v) is 15.6. The van der Waals surface area contributed by atoms with E-state index >= 15 is 0 Å². The molecule has 0 spiro atoms. The van der Waals surface area contributed by atoms with Crippen LogP contribution in [-0.4, -0.2) is 61.1 Å². The summed E-state index contributed by atoms with van der Waals surface area (Å²) in [7, 11) is -2.55. The number of hydrogen-bond acceptors (Lipinski definition) is 5. The number of aliphatic carboxylic acids is 1. The summed E-state index contributed by atoms with van der Waals surface area (Å²) in [6, 6.07) is 5.60. The Labute approximate surface area is 152 Å². The summed E-state index contributed by atoms with van der Waals surface area (Å²) >= 11 is 0. The molecule has 1 heterocycles. The number of benzene rings is 1. The van der Waals surface area contributed by atoms with E-state index < -0.39 is 33.4 Å². The molecule has 1 fully saturated rings. The first kappa shape index (κ1) is 20.3. The Morgan fingerprint density at radius 2 is 2.08 bits per heavy atom. The molecule has 0 saturated carbocycles. The number of aliphatic hydroxyl groups is 1.